The molecular formula is C19H26N2O3. The Balaban J connectivity index is 1.71. The zero-order valence-corrected chi connectivity index (χ0v) is 14.0. The summed E-state index contributed by atoms with van der Waals surface area (Å²) >= 11 is 0. The highest BCUT2D eigenvalue weighted by Gasteiger charge is 2.26. The number of hydrogen-bond donors (Lipinski definition) is 2. The Morgan fingerprint density at radius 2 is 2.04 bits per heavy atom. The first kappa shape index (κ1) is 17.0. The molecule has 0 radical (unpaired) electrons. The fourth-order valence-corrected chi connectivity index (χ4v) is 3.78. The fraction of sp³-hybridized carbons (Fsp3) is 0.579. The first-order valence-corrected chi connectivity index (χ1v) is 9.01. The van der Waals surface area contributed by atoms with Crippen LogP contribution in [0.5, 0.6) is 0 Å². The number of nitrogens with one attached hydrogen (secondary N) is 1. The van der Waals surface area contributed by atoms with E-state index < -0.39 is 0 Å². The van der Waals surface area contributed by atoms with Crippen molar-refractivity contribution in [2.75, 3.05) is 18.1 Å². The van der Waals surface area contributed by atoms with E-state index in [4.69, 9.17) is 0 Å². The molecular weight excluding hydrogens is 304 g/mol. The van der Waals surface area contributed by atoms with Crippen LogP contribution < -0.4 is 10.2 Å². The van der Waals surface area contributed by atoms with Gasteiger partial charge in [-0.1, -0.05) is 25.3 Å². The lowest BCUT2D eigenvalue weighted by Gasteiger charge is -2.25. The van der Waals surface area contributed by atoms with E-state index in [1.807, 2.05) is 12.1 Å². The predicted octanol–water partition coefficient (Wildman–Crippen LogP) is 2.48. The maximum atomic E-state index is 12.6. The highest BCUT2D eigenvalue weighted by atomic mass is 16.3. The molecule has 5 heteroatoms. The van der Waals surface area contributed by atoms with Crippen molar-refractivity contribution < 1.29 is 14.7 Å². The Morgan fingerprint density at radius 3 is 2.79 bits per heavy atom. The first-order chi connectivity index (χ1) is 11.7. The number of carbonyl (C=O) groups is 2. The van der Waals surface area contributed by atoms with Crippen LogP contribution in [0, 0.1) is 5.92 Å². The Kier molecular flexibility index (Phi) is 5.51. The predicted molar refractivity (Wildman–Crippen MR) is 92.9 cm³/mol. The van der Waals surface area contributed by atoms with Crippen LogP contribution >= 0.6 is 0 Å². The molecule has 2 amide bonds. The number of rotatable bonds is 4. The van der Waals surface area contributed by atoms with Crippen LogP contribution in [0.4, 0.5) is 5.69 Å². The molecule has 0 unspecified atom stereocenters. The van der Waals surface area contributed by atoms with Gasteiger partial charge in [-0.25, -0.2) is 0 Å². The van der Waals surface area contributed by atoms with Gasteiger partial charge in [0, 0.05) is 42.8 Å². The van der Waals surface area contributed by atoms with Crippen LogP contribution in [0.3, 0.4) is 0 Å². The lowest BCUT2D eigenvalue weighted by atomic mass is 9.95. The molecule has 3 rings (SSSR count). The van der Waals surface area contributed by atoms with Crippen LogP contribution in [-0.2, 0) is 4.79 Å². The van der Waals surface area contributed by atoms with Gasteiger partial charge in [-0.05, 0) is 37.5 Å². The number of carbonyl (C=O) groups excluding carboxylic acids is 2. The van der Waals surface area contributed by atoms with E-state index in [2.05, 4.69) is 5.32 Å². The summed E-state index contributed by atoms with van der Waals surface area (Å²) in [5.74, 6) is 0.144. The Bertz CT molecular complexity index is 602. The number of hydrogen-bond acceptors (Lipinski definition) is 3. The number of nitrogens with zero attached hydrogens (tertiary/aromatic N) is 1. The van der Waals surface area contributed by atoms with Gasteiger partial charge in [0.2, 0.25) is 5.91 Å². The summed E-state index contributed by atoms with van der Waals surface area (Å²) in [6, 6.07) is 7.31. The van der Waals surface area contributed by atoms with Crippen molar-refractivity contribution in [2.45, 2.75) is 51.0 Å². The molecule has 2 N–H and O–H groups in total. The van der Waals surface area contributed by atoms with Crippen molar-refractivity contribution in [3.63, 3.8) is 0 Å². The number of aliphatic hydroxyl groups excluding tert-OH is 1. The van der Waals surface area contributed by atoms with Gasteiger partial charge in [0.15, 0.2) is 0 Å². The van der Waals surface area contributed by atoms with Crippen molar-refractivity contribution in [1.29, 1.82) is 0 Å². The van der Waals surface area contributed by atoms with E-state index in [0.717, 1.165) is 50.8 Å². The van der Waals surface area contributed by atoms with Gasteiger partial charge in [0.1, 0.15) is 0 Å². The number of benzene rings is 1. The van der Waals surface area contributed by atoms with E-state index >= 15 is 0 Å². The average Bonchev–Trinajstić information content (AvgIpc) is 2.90. The van der Waals surface area contributed by atoms with Gasteiger partial charge < -0.3 is 15.3 Å². The maximum Gasteiger partial charge on any atom is 0.251 e. The van der Waals surface area contributed by atoms with Crippen LogP contribution in [0.1, 0.15) is 55.3 Å². The lowest BCUT2D eigenvalue weighted by Crippen LogP contribution is -2.41. The highest BCUT2D eigenvalue weighted by molar-refractivity contribution is 5.99. The zero-order chi connectivity index (χ0) is 16.9. The van der Waals surface area contributed by atoms with Crippen LogP contribution in [-0.4, -0.2) is 36.1 Å². The Hall–Kier alpha value is -1.88. The highest BCUT2D eigenvalue weighted by Crippen LogP contribution is 2.25. The van der Waals surface area contributed by atoms with Gasteiger partial charge >= 0.3 is 0 Å². The van der Waals surface area contributed by atoms with Gasteiger partial charge in [-0.2, -0.15) is 0 Å². The molecule has 130 valence electrons. The summed E-state index contributed by atoms with van der Waals surface area (Å²) in [5, 5.41) is 12.7. The van der Waals surface area contributed by atoms with Crippen molar-refractivity contribution in [2.24, 2.45) is 5.92 Å². The minimum Gasteiger partial charge on any atom is -0.396 e. The van der Waals surface area contributed by atoms with Gasteiger partial charge in [-0.15, -0.1) is 0 Å². The monoisotopic (exact) mass is 330 g/mol. The SMILES string of the molecule is O=C(N[C@@H]1CCCCC[C@H]1CO)c1cccc(N2CCCC2=O)c1. The molecule has 2 aliphatic rings. The fourth-order valence-electron chi connectivity index (χ4n) is 3.78. The molecule has 0 aromatic heterocycles. The maximum absolute atomic E-state index is 12.6. The second-order valence-electron chi connectivity index (χ2n) is 6.86. The van der Waals surface area contributed by atoms with E-state index in [1.165, 1.54) is 0 Å². The summed E-state index contributed by atoms with van der Waals surface area (Å²) < 4.78 is 0. The van der Waals surface area contributed by atoms with Crippen LogP contribution in [0.15, 0.2) is 24.3 Å². The summed E-state index contributed by atoms with van der Waals surface area (Å²) in [6.45, 7) is 0.840. The van der Waals surface area contributed by atoms with E-state index in [9.17, 15) is 14.7 Å². The van der Waals surface area contributed by atoms with E-state index in [-0.39, 0.29) is 30.4 Å². The Labute approximate surface area is 143 Å². The van der Waals surface area contributed by atoms with Crippen LogP contribution in [0.25, 0.3) is 0 Å². The summed E-state index contributed by atoms with van der Waals surface area (Å²) in [5.41, 5.74) is 1.37. The molecule has 24 heavy (non-hydrogen) atoms. The number of amides is 2. The number of aliphatic hydroxyl groups is 1. The molecule has 1 aliphatic heterocycles. The largest absolute Gasteiger partial charge is 0.396 e. The van der Waals surface area contributed by atoms with Gasteiger partial charge in [0.25, 0.3) is 5.91 Å². The van der Waals surface area contributed by atoms with Crippen LogP contribution in [0.2, 0.25) is 0 Å². The zero-order valence-electron chi connectivity index (χ0n) is 14.0. The van der Waals surface area contributed by atoms with Gasteiger partial charge in [0.05, 0.1) is 0 Å². The van der Waals surface area contributed by atoms with Crippen molar-refractivity contribution in [1.82, 2.24) is 5.32 Å². The Morgan fingerprint density at radius 1 is 1.21 bits per heavy atom. The van der Waals surface area contributed by atoms with Crippen molar-refractivity contribution >= 4 is 17.5 Å². The second-order valence-corrected chi connectivity index (χ2v) is 6.86. The lowest BCUT2D eigenvalue weighted by molar-refractivity contribution is -0.117. The average molecular weight is 330 g/mol. The van der Waals surface area contributed by atoms with Crippen molar-refractivity contribution in [3.05, 3.63) is 29.8 Å². The molecule has 1 aliphatic carbocycles. The quantitative estimate of drug-likeness (QED) is 0.833. The third kappa shape index (κ3) is 3.78. The molecule has 2 fully saturated rings. The number of anilines is 1. The minimum atomic E-state index is -0.117. The first-order valence-electron chi connectivity index (χ1n) is 9.01. The smallest absolute Gasteiger partial charge is 0.251 e. The molecule has 1 aromatic rings. The third-order valence-electron chi connectivity index (χ3n) is 5.20. The minimum absolute atomic E-state index is 0.0297. The second kappa shape index (κ2) is 7.79. The molecule has 1 saturated carbocycles. The molecule has 1 saturated heterocycles. The summed E-state index contributed by atoms with van der Waals surface area (Å²) in [6.07, 6.45) is 6.70. The third-order valence-corrected chi connectivity index (χ3v) is 5.20. The van der Waals surface area contributed by atoms with Gasteiger partial charge in [-0.3, -0.25) is 9.59 Å². The molecule has 2 atom stereocenters. The standard InChI is InChI=1S/C19H26N2O3/c22-13-15-6-2-1-3-9-17(15)20-19(24)14-7-4-8-16(12-14)21-11-5-10-18(21)23/h4,7-8,12,15,17,22H,1-3,5-6,9-11,13H2,(H,20,24)/t15-,17+/m0/s1. The van der Waals surface area contributed by atoms with E-state index in [1.54, 1.807) is 17.0 Å². The van der Waals surface area contributed by atoms with Crippen molar-refractivity contribution in [3.8, 4) is 0 Å². The normalized spacial score (nSPS) is 24.7. The molecule has 1 aromatic carbocycles. The molecule has 0 bridgehead atoms. The molecule has 1 heterocycles. The molecule has 0 spiro atoms. The molecule has 5 nitrogen and oxygen atoms in total. The van der Waals surface area contributed by atoms with E-state index in [0.29, 0.717) is 12.0 Å². The summed E-state index contributed by atoms with van der Waals surface area (Å²) in [7, 11) is 0. The topological polar surface area (TPSA) is 69.6 Å². The summed E-state index contributed by atoms with van der Waals surface area (Å²) in [4.78, 5) is 26.3.